The van der Waals surface area contributed by atoms with Crippen LogP contribution in [0.3, 0.4) is 0 Å². The maximum atomic E-state index is 11.3. The van der Waals surface area contributed by atoms with Gasteiger partial charge in [0.05, 0.1) is 6.61 Å². The molecule has 1 aromatic carbocycles. The first-order chi connectivity index (χ1) is 9.16. The van der Waals surface area contributed by atoms with Crippen LogP contribution in [0.4, 0.5) is 5.82 Å². The van der Waals surface area contributed by atoms with E-state index in [-0.39, 0.29) is 11.4 Å². The Hall–Kier alpha value is -2.56. The summed E-state index contributed by atoms with van der Waals surface area (Å²) in [5, 5.41) is 9.26. The van der Waals surface area contributed by atoms with Gasteiger partial charge in [-0.05, 0) is 29.3 Å². The summed E-state index contributed by atoms with van der Waals surface area (Å²) in [6.45, 7) is 0.670. The summed E-state index contributed by atoms with van der Waals surface area (Å²) in [5.74, 6) is -0.179. The Bertz CT molecular complexity index is 668. The van der Waals surface area contributed by atoms with Gasteiger partial charge in [0.1, 0.15) is 17.1 Å². The second kappa shape index (κ2) is 4.28. The Labute approximate surface area is 109 Å². The second-order valence-electron chi connectivity index (χ2n) is 4.34. The molecule has 0 amide bonds. The average molecular weight is 256 g/mol. The Kier molecular flexibility index (Phi) is 2.59. The van der Waals surface area contributed by atoms with E-state index in [2.05, 4.69) is 4.98 Å². The molecule has 0 unspecified atom stereocenters. The average Bonchev–Trinajstić information content (AvgIpc) is 2.85. The number of nitrogen functional groups attached to an aromatic ring is 1. The molecule has 2 aromatic rings. The first kappa shape index (κ1) is 11.5. The zero-order chi connectivity index (χ0) is 13.4. The minimum absolute atomic E-state index is 0.0294. The topological polar surface area (TPSA) is 85.4 Å². The van der Waals surface area contributed by atoms with Gasteiger partial charge in [-0.1, -0.05) is 6.07 Å². The van der Waals surface area contributed by atoms with Gasteiger partial charge in [0.25, 0.3) is 0 Å². The van der Waals surface area contributed by atoms with Crippen LogP contribution >= 0.6 is 0 Å². The lowest BCUT2D eigenvalue weighted by Gasteiger charge is -2.09. The molecule has 1 aromatic heterocycles. The van der Waals surface area contributed by atoms with Gasteiger partial charge in [0.2, 0.25) is 0 Å². The van der Waals surface area contributed by atoms with Crippen LogP contribution in [0.2, 0.25) is 0 Å². The predicted molar refractivity (Wildman–Crippen MR) is 70.2 cm³/mol. The fourth-order valence-electron chi connectivity index (χ4n) is 2.30. The molecule has 96 valence electrons. The van der Waals surface area contributed by atoms with Crippen molar-refractivity contribution in [3.63, 3.8) is 0 Å². The normalized spacial score (nSPS) is 12.8. The molecule has 1 aliphatic heterocycles. The molecule has 3 N–H and O–H groups in total. The molecule has 0 aliphatic carbocycles. The van der Waals surface area contributed by atoms with E-state index < -0.39 is 5.97 Å². The van der Waals surface area contributed by atoms with Gasteiger partial charge in [0.15, 0.2) is 0 Å². The van der Waals surface area contributed by atoms with E-state index in [0.29, 0.717) is 12.2 Å². The fraction of sp³-hybridized carbons (Fsp3) is 0.143. The number of carboxylic acids is 1. The van der Waals surface area contributed by atoms with Gasteiger partial charge < -0.3 is 15.6 Å². The van der Waals surface area contributed by atoms with Crippen molar-refractivity contribution in [1.29, 1.82) is 0 Å². The van der Waals surface area contributed by atoms with Crippen LogP contribution in [0.1, 0.15) is 15.9 Å². The van der Waals surface area contributed by atoms with Crippen LogP contribution in [0.5, 0.6) is 5.75 Å². The number of rotatable bonds is 2. The monoisotopic (exact) mass is 256 g/mol. The number of nitrogens with zero attached hydrogens (tertiary/aromatic N) is 1. The van der Waals surface area contributed by atoms with Crippen molar-refractivity contribution in [3.05, 3.63) is 41.6 Å². The van der Waals surface area contributed by atoms with Crippen molar-refractivity contribution >= 4 is 11.8 Å². The molecule has 0 saturated heterocycles. The largest absolute Gasteiger partial charge is 0.493 e. The quantitative estimate of drug-likeness (QED) is 0.857. The predicted octanol–water partition coefficient (Wildman–Crippen LogP) is 1.96. The van der Waals surface area contributed by atoms with E-state index >= 15 is 0 Å². The van der Waals surface area contributed by atoms with Gasteiger partial charge in [-0.2, -0.15) is 0 Å². The van der Waals surface area contributed by atoms with Crippen molar-refractivity contribution in [2.75, 3.05) is 12.3 Å². The molecule has 5 heteroatoms. The summed E-state index contributed by atoms with van der Waals surface area (Å²) in [7, 11) is 0. The minimum Gasteiger partial charge on any atom is -0.493 e. The smallest absolute Gasteiger partial charge is 0.340 e. The van der Waals surface area contributed by atoms with Crippen molar-refractivity contribution in [2.24, 2.45) is 0 Å². The number of ether oxygens (including phenoxy) is 1. The molecular formula is C14H12N2O3. The maximum absolute atomic E-state index is 11.3. The van der Waals surface area contributed by atoms with E-state index in [4.69, 9.17) is 10.5 Å². The van der Waals surface area contributed by atoms with E-state index in [9.17, 15) is 9.90 Å². The zero-order valence-electron chi connectivity index (χ0n) is 10.1. The number of carbonyl (C=O) groups is 1. The molecular weight excluding hydrogens is 244 g/mol. The summed E-state index contributed by atoms with van der Waals surface area (Å²) in [4.78, 5) is 15.1. The van der Waals surface area contributed by atoms with Gasteiger partial charge >= 0.3 is 5.97 Å². The summed E-state index contributed by atoms with van der Waals surface area (Å²) >= 11 is 0. The van der Waals surface area contributed by atoms with Gasteiger partial charge in [-0.15, -0.1) is 0 Å². The van der Waals surface area contributed by atoms with E-state index in [1.165, 1.54) is 6.20 Å². The number of benzene rings is 1. The molecule has 0 spiro atoms. The summed E-state index contributed by atoms with van der Waals surface area (Å²) < 4.78 is 5.44. The number of hydrogen-bond acceptors (Lipinski definition) is 4. The molecule has 1 aliphatic rings. The molecule has 0 radical (unpaired) electrons. The first-order valence-electron chi connectivity index (χ1n) is 5.90. The number of carboxylic acid groups (broad SMARTS) is 1. The summed E-state index contributed by atoms with van der Waals surface area (Å²) in [6.07, 6.45) is 2.35. The summed E-state index contributed by atoms with van der Waals surface area (Å²) in [6, 6.07) is 7.31. The van der Waals surface area contributed by atoms with E-state index in [1.54, 1.807) is 6.07 Å². The molecule has 3 rings (SSSR count). The molecule has 0 fully saturated rings. The van der Waals surface area contributed by atoms with Gasteiger partial charge in [-0.25, -0.2) is 9.78 Å². The number of fused-ring (bicyclic) bond motifs is 1. The molecule has 0 atom stereocenters. The highest BCUT2D eigenvalue weighted by molar-refractivity contribution is 6.00. The lowest BCUT2D eigenvalue weighted by Crippen LogP contribution is -2.06. The van der Waals surface area contributed by atoms with E-state index in [1.807, 2.05) is 18.2 Å². The van der Waals surface area contributed by atoms with Crippen molar-refractivity contribution in [2.45, 2.75) is 6.42 Å². The second-order valence-corrected chi connectivity index (χ2v) is 4.34. The van der Waals surface area contributed by atoms with Crippen LogP contribution in [0.15, 0.2) is 30.5 Å². The zero-order valence-corrected chi connectivity index (χ0v) is 10.1. The standard InChI is InChI=1S/C14H12N2O3/c15-13-12(14(17)18)10(3-5-16-13)8-1-2-11-9(7-8)4-6-19-11/h1-3,5,7H,4,6H2,(H2,15,16)(H,17,18). The number of aromatic nitrogens is 1. The van der Waals surface area contributed by atoms with E-state index in [0.717, 1.165) is 23.3 Å². The van der Waals surface area contributed by atoms with Crippen LogP contribution < -0.4 is 10.5 Å². The molecule has 0 bridgehead atoms. The Morgan fingerprint density at radius 3 is 3.00 bits per heavy atom. The first-order valence-corrected chi connectivity index (χ1v) is 5.90. The highest BCUT2D eigenvalue weighted by Crippen LogP contribution is 2.32. The highest BCUT2D eigenvalue weighted by Gasteiger charge is 2.18. The third-order valence-corrected chi connectivity index (χ3v) is 3.19. The van der Waals surface area contributed by atoms with Crippen LogP contribution in [0, 0.1) is 0 Å². The van der Waals surface area contributed by atoms with Crippen LogP contribution in [0.25, 0.3) is 11.1 Å². The van der Waals surface area contributed by atoms with Crippen molar-refractivity contribution in [3.8, 4) is 16.9 Å². The Morgan fingerprint density at radius 2 is 2.21 bits per heavy atom. The number of aromatic carboxylic acids is 1. The SMILES string of the molecule is Nc1nccc(-c2ccc3c(c2)CCO3)c1C(=O)O. The maximum Gasteiger partial charge on any atom is 0.340 e. The Balaban J connectivity index is 2.17. The number of hydrogen-bond donors (Lipinski definition) is 2. The third-order valence-electron chi connectivity index (χ3n) is 3.19. The fourth-order valence-corrected chi connectivity index (χ4v) is 2.30. The number of anilines is 1. The highest BCUT2D eigenvalue weighted by atomic mass is 16.5. The number of pyridine rings is 1. The van der Waals surface area contributed by atoms with Crippen LogP contribution in [-0.4, -0.2) is 22.7 Å². The summed E-state index contributed by atoms with van der Waals surface area (Å²) in [5.41, 5.74) is 8.18. The lowest BCUT2D eigenvalue weighted by molar-refractivity contribution is 0.0698. The van der Waals surface area contributed by atoms with Crippen LogP contribution in [-0.2, 0) is 6.42 Å². The number of nitrogens with two attached hydrogens (primary N) is 1. The van der Waals surface area contributed by atoms with Gasteiger partial charge in [0, 0.05) is 18.2 Å². The lowest BCUT2D eigenvalue weighted by atomic mass is 9.98. The van der Waals surface area contributed by atoms with Crippen molar-refractivity contribution in [1.82, 2.24) is 4.98 Å². The molecule has 19 heavy (non-hydrogen) atoms. The molecule has 2 heterocycles. The van der Waals surface area contributed by atoms with Gasteiger partial charge in [-0.3, -0.25) is 0 Å². The molecule has 0 saturated carbocycles. The third kappa shape index (κ3) is 1.89. The Morgan fingerprint density at radius 1 is 1.37 bits per heavy atom. The van der Waals surface area contributed by atoms with Crippen molar-refractivity contribution < 1.29 is 14.6 Å². The minimum atomic E-state index is -1.07. The molecule has 5 nitrogen and oxygen atoms in total.